The number of nitrogens with zero attached hydrogens (tertiary/aromatic N) is 3. The third-order valence-electron chi connectivity index (χ3n) is 3.85. The molecule has 0 atom stereocenters. The van der Waals surface area contributed by atoms with Gasteiger partial charge in [0.15, 0.2) is 0 Å². The van der Waals surface area contributed by atoms with Gasteiger partial charge in [0.25, 0.3) is 0 Å². The maximum absolute atomic E-state index is 8.59. The Morgan fingerprint density at radius 1 is 0.897 bits per heavy atom. The number of rotatable bonds is 5. The molecule has 4 heteroatoms. The van der Waals surface area contributed by atoms with Gasteiger partial charge in [-0.05, 0) is 44.0 Å². The fourth-order valence-corrected chi connectivity index (χ4v) is 2.61. The molecule has 0 amide bonds. The normalized spacial score (nSPS) is 16.2. The van der Waals surface area contributed by atoms with Crippen LogP contribution in [0.4, 0.5) is 5.69 Å². The molecule has 0 unspecified atom stereocenters. The number of hydrogen-bond acceptors (Lipinski definition) is 2. The summed E-state index contributed by atoms with van der Waals surface area (Å²) in [5.41, 5.74) is 3.49. The quantitative estimate of drug-likeness (QED) is 0.381. The lowest BCUT2D eigenvalue weighted by Crippen LogP contribution is -2.23. The standard InChI is InChI=1S/C25H24N3O/c1-25(2,3)29-27-24-22(19-10-6-4-7-11-19)16-21(28-15-14-26-18-28)17-23(24)20-12-8-5-9-13-20/h4-18H,1-3H3/i4D,5D,6D,7D,8D,9D,10D,11D,12D,13D. The van der Waals surface area contributed by atoms with E-state index in [2.05, 4.69) is 10.5 Å². The second kappa shape index (κ2) is 7.94. The summed E-state index contributed by atoms with van der Waals surface area (Å²) in [6.45, 7) is 5.18. The first-order chi connectivity index (χ1) is 18.2. The van der Waals surface area contributed by atoms with E-state index in [1.54, 1.807) is 31.5 Å². The molecule has 0 aliphatic heterocycles. The van der Waals surface area contributed by atoms with E-state index in [0.717, 1.165) is 0 Å². The first-order valence-corrected chi connectivity index (χ1v) is 8.85. The molecule has 0 aliphatic rings. The summed E-state index contributed by atoms with van der Waals surface area (Å²) >= 11 is 0. The van der Waals surface area contributed by atoms with Crippen molar-refractivity contribution in [1.82, 2.24) is 15.0 Å². The lowest BCUT2D eigenvalue weighted by Gasteiger charge is -2.22. The van der Waals surface area contributed by atoms with Crippen molar-refractivity contribution in [2.45, 2.75) is 26.4 Å². The zero-order valence-corrected chi connectivity index (χ0v) is 16.1. The Hall–Kier alpha value is -3.37. The predicted octanol–water partition coefficient (Wildman–Crippen LogP) is 6.17. The first-order valence-electron chi connectivity index (χ1n) is 13.9. The van der Waals surface area contributed by atoms with E-state index < -0.39 is 66.0 Å². The molecule has 29 heavy (non-hydrogen) atoms. The van der Waals surface area contributed by atoms with E-state index in [1.807, 2.05) is 0 Å². The molecule has 0 aliphatic carbocycles. The maximum Gasteiger partial charge on any atom is 0.106 e. The van der Waals surface area contributed by atoms with Crippen LogP contribution >= 0.6 is 0 Å². The van der Waals surface area contributed by atoms with Gasteiger partial charge in [-0.15, -0.1) is 5.48 Å². The highest BCUT2D eigenvalue weighted by atomic mass is 16.7. The molecule has 1 heterocycles. The highest BCUT2D eigenvalue weighted by Crippen LogP contribution is 2.40. The van der Waals surface area contributed by atoms with Crippen LogP contribution in [-0.2, 0) is 4.84 Å². The lowest BCUT2D eigenvalue weighted by molar-refractivity contribution is -0.0541. The molecule has 0 bridgehead atoms. The number of imidazole rings is 1. The Morgan fingerprint density at radius 2 is 1.45 bits per heavy atom. The molecular weight excluding hydrogens is 358 g/mol. The molecule has 1 aromatic heterocycles. The highest BCUT2D eigenvalue weighted by molar-refractivity contribution is 5.89. The van der Waals surface area contributed by atoms with Crippen LogP contribution in [-0.4, -0.2) is 15.2 Å². The smallest absolute Gasteiger partial charge is 0.106 e. The highest BCUT2D eigenvalue weighted by Gasteiger charge is 2.20. The van der Waals surface area contributed by atoms with Gasteiger partial charge in [0.1, 0.15) is 5.69 Å². The molecule has 0 fully saturated rings. The fraction of sp³-hybridized carbons (Fsp3) is 0.160. The van der Waals surface area contributed by atoms with Gasteiger partial charge in [-0.25, -0.2) is 9.82 Å². The van der Waals surface area contributed by atoms with Crippen LogP contribution in [0.2, 0.25) is 0 Å². The van der Waals surface area contributed by atoms with Crippen LogP contribution in [0.5, 0.6) is 0 Å². The van der Waals surface area contributed by atoms with E-state index in [1.165, 1.54) is 24.7 Å². The molecule has 4 nitrogen and oxygen atoms in total. The summed E-state index contributed by atoms with van der Waals surface area (Å²) in [7, 11) is 0. The van der Waals surface area contributed by atoms with Gasteiger partial charge in [0, 0.05) is 29.2 Å². The average molecular weight is 393 g/mol. The predicted molar refractivity (Wildman–Crippen MR) is 117 cm³/mol. The summed E-state index contributed by atoms with van der Waals surface area (Å²) in [6.07, 6.45) is 4.58. The minimum atomic E-state index is -0.822. The summed E-state index contributed by atoms with van der Waals surface area (Å²) in [5, 5.41) is 0. The molecule has 0 saturated heterocycles. The van der Waals surface area contributed by atoms with Crippen molar-refractivity contribution in [3.63, 3.8) is 0 Å². The Morgan fingerprint density at radius 3 is 1.90 bits per heavy atom. The van der Waals surface area contributed by atoms with E-state index >= 15 is 0 Å². The number of benzene rings is 3. The van der Waals surface area contributed by atoms with Gasteiger partial charge in [0.2, 0.25) is 0 Å². The molecule has 0 saturated carbocycles. The Bertz CT molecular complexity index is 1450. The van der Waals surface area contributed by atoms with Crippen molar-refractivity contribution in [2.24, 2.45) is 0 Å². The topological polar surface area (TPSA) is 41.2 Å². The van der Waals surface area contributed by atoms with Gasteiger partial charge in [-0.1, -0.05) is 60.4 Å². The van der Waals surface area contributed by atoms with Crippen molar-refractivity contribution >= 4 is 5.69 Å². The van der Waals surface area contributed by atoms with Gasteiger partial charge in [-0.2, -0.15) is 0 Å². The molecule has 0 N–H and O–H groups in total. The maximum atomic E-state index is 8.59. The minimum Gasteiger partial charge on any atom is -0.306 e. The Kier molecular flexibility index (Phi) is 2.85. The average Bonchev–Trinajstić information content (AvgIpc) is 3.42. The van der Waals surface area contributed by atoms with Crippen molar-refractivity contribution in [3.05, 3.63) is 91.3 Å². The summed E-state index contributed by atoms with van der Waals surface area (Å²) in [4.78, 5) is 9.74. The third-order valence-corrected chi connectivity index (χ3v) is 3.85. The Balaban J connectivity index is 2.23. The van der Waals surface area contributed by atoms with E-state index in [4.69, 9.17) is 18.5 Å². The second-order valence-electron chi connectivity index (χ2n) is 7.15. The summed E-state index contributed by atoms with van der Waals surface area (Å²) in [6, 6.07) is -2.34. The van der Waals surface area contributed by atoms with Crippen molar-refractivity contribution in [2.75, 3.05) is 0 Å². The van der Waals surface area contributed by atoms with Crippen molar-refractivity contribution in [1.29, 1.82) is 0 Å². The van der Waals surface area contributed by atoms with Gasteiger partial charge in [0.05, 0.1) is 25.6 Å². The van der Waals surface area contributed by atoms with E-state index in [0.29, 0.717) is 5.69 Å². The van der Waals surface area contributed by atoms with Crippen LogP contribution < -0.4 is 5.48 Å². The molecule has 3 aromatic carbocycles. The molecule has 1 radical (unpaired) electrons. The number of aromatic nitrogens is 2. The minimum absolute atomic E-state index is 0.0456. The second-order valence-corrected chi connectivity index (χ2v) is 7.15. The first kappa shape index (κ1) is 10.4. The molecule has 145 valence electrons. The fourth-order valence-electron chi connectivity index (χ4n) is 2.61. The number of hydrogen-bond donors (Lipinski definition) is 0. The van der Waals surface area contributed by atoms with Crippen LogP contribution in [0.15, 0.2) is 91.3 Å². The van der Waals surface area contributed by atoms with E-state index in [-0.39, 0.29) is 27.9 Å². The zero-order valence-electron chi connectivity index (χ0n) is 26.1. The van der Waals surface area contributed by atoms with Gasteiger partial charge < -0.3 is 4.57 Å². The van der Waals surface area contributed by atoms with Crippen LogP contribution in [0.25, 0.3) is 27.9 Å². The van der Waals surface area contributed by atoms with E-state index in [9.17, 15) is 0 Å². The van der Waals surface area contributed by atoms with Crippen LogP contribution in [0, 0.1) is 0 Å². The lowest BCUT2D eigenvalue weighted by atomic mass is 9.95. The summed E-state index contributed by atoms with van der Waals surface area (Å²) < 4.78 is 84.8. The zero-order chi connectivity index (χ0) is 29.0. The van der Waals surface area contributed by atoms with Gasteiger partial charge >= 0.3 is 0 Å². The van der Waals surface area contributed by atoms with Crippen molar-refractivity contribution in [3.8, 4) is 27.9 Å². The largest absolute Gasteiger partial charge is 0.306 e. The third kappa shape index (κ3) is 4.39. The molecule has 4 aromatic rings. The Labute approximate surface area is 185 Å². The monoisotopic (exact) mass is 392 g/mol. The molecular formula is C25H24N3O. The van der Waals surface area contributed by atoms with Crippen LogP contribution in [0.1, 0.15) is 34.5 Å². The molecule has 4 rings (SSSR count). The van der Waals surface area contributed by atoms with Crippen LogP contribution in [0.3, 0.4) is 0 Å². The van der Waals surface area contributed by atoms with Gasteiger partial charge in [-0.3, -0.25) is 0 Å². The summed E-state index contributed by atoms with van der Waals surface area (Å²) in [5.74, 6) is 0. The molecule has 0 spiro atoms. The SMILES string of the molecule is [2H]c1c([2H])c([2H])c(-c2cc(-n3ccnc3)cc(-c3c([2H])c([2H])c([2H])c([2H])c3[2H])c2[N]OC(C)(C)C)c([2H])c1[2H]. The van der Waals surface area contributed by atoms with Crippen molar-refractivity contribution < 1.29 is 18.5 Å².